The summed E-state index contributed by atoms with van der Waals surface area (Å²) in [5, 5.41) is 75.1. The van der Waals surface area contributed by atoms with Gasteiger partial charge in [0.25, 0.3) is 0 Å². The molecular weight excluding hydrogens is 1390 g/mol. The van der Waals surface area contributed by atoms with Crippen LogP contribution in [0.3, 0.4) is 0 Å². The molecule has 0 aromatic rings. The number of urea groups is 1. The van der Waals surface area contributed by atoms with Crippen LogP contribution in [0.15, 0.2) is 4.99 Å². The van der Waals surface area contributed by atoms with E-state index in [0.717, 1.165) is 57.8 Å². The molecule has 9 amide bonds. The number of alkyl carbamates (subject to hydrolysis) is 2. The van der Waals surface area contributed by atoms with E-state index in [4.69, 9.17) is 47.1 Å². The SMILES string of the molecule is CC(C)CC(N)C(=O)NC1(C#N)CC1.CC(C)CC(N)C(=O)NC1(C#N)CC1.CC(C)CC(N=CC=O)C(=O)NC1(C#N)CC1.CC(C)CC(NC(=O)N1CCC2(CCCCC2)CC1)C(=O)NC1(C#N)CC1.CC(C)CC(NC(=O)OC(C)(C)C)C(=O)NC1(C#N)CC1.CC(C)CC(NC(=O)OC(C)(C)C)C(=O)O. The van der Waals surface area contributed by atoms with E-state index in [1.54, 1.807) is 41.5 Å². The average Bonchev–Trinajstić information content (AvgIpc) is 1.61. The number of nitriles is 5. The number of ether oxygens (including phenoxy) is 2. The van der Waals surface area contributed by atoms with Crippen LogP contribution in [0.25, 0.3) is 0 Å². The van der Waals surface area contributed by atoms with Gasteiger partial charge in [-0.2, -0.15) is 26.3 Å². The quantitative estimate of drug-likeness (QED) is 0.0256. The number of aldehydes is 1. The van der Waals surface area contributed by atoms with E-state index in [9.17, 15) is 53.2 Å². The highest BCUT2D eigenvalue weighted by Gasteiger charge is 2.50. The Labute approximate surface area is 648 Å². The van der Waals surface area contributed by atoms with Crippen LogP contribution >= 0.6 is 0 Å². The van der Waals surface area contributed by atoms with Crippen LogP contribution in [0.5, 0.6) is 0 Å². The number of amides is 9. The second-order valence-corrected chi connectivity index (χ2v) is 35.1. The van der Waals surface area contributed by atoms with Crippen molar-refractivity contribution in [2.75, 3.05) is 13.1 Å². The predicted octanol–water partition coefficient (Wildman–Crippen LogP) is 9.35. The van der Waals surface area contributed by atoms with Gasteiger partial charge in [0.2, 0.25) is 29.5 Å². The van der Waals surface area contributed by atoms with Crippen LogP contribution < -0.4 is 54.0 Å². The Morgan fingerprint density at radius 2 is 0.725 bits per heavy atom. The number of rotatable bonds is 28. The zero-order valence-electron chi connectivity index (χ0n) is 68.4. The highest BCUT2D eigenvalue weighted by Crippen LogP contribution is 2.45. The number of carbonyl (C=O) groups excluding carboxylic acids is 9. The van der Waals surface area contributed by atoms with Gasteiger partial charge in [-0.25, -0.2) is 19.2 Å². The van der Waals surface area contributed by atoms with Crippen molar-refractivity contribution >= 4 is 66.2 Å². The lowest BCUT2D eigenvalue weighted by molar-refractivity contribution is -0.140. The van der Waals surface area contributed by atoms with Crippen LogP contribution in [-0.4, -0.2) is 164 Å². The molecule has 6 saturated carbocycles. The monoisotopic (exact) mass is 1530 g/mol. The maximum Gasteiger partial charge on any atom is 0.408 e. The van der Waals surface area contributed by atoms with Crippen LogP contribution in [-0.2, 0) is 43.0 Å². The molecule has 0 radical (unpaired) electrons. The van der Waals surface area contributed by atoms with Gasteiger partial charge in [0.15, 0.2) is 6.29 Å². The fourth-order valence-corrected chi connectivity index (χ4v) is 11.8. The Bertz CT molecular complexity index is 3210. The normalized spacial score (nSPS) is 19.4. The number of aliphatic carboxylic acids is 1. The number of nitrogens with zero attached hydrogens (tertiary/aromatic N) is 7. The molecule has 1 aliphatic heterocycles. The lowest BCUT2D eigenvalue weighted by atomic mass is 9.68. The molecule has 30 heteroatoms. The Morgan fingerprint density at radius 3 is 1.01 bits per heavy atom. The molecule has 7 rings (SSSR count). The Hall–Kier alpha value is -8.66. The third-order valence-corrected chi connectivity index (χ3v) is 18.8. The predicted molar refractivity (Wildman–Crippen MR) is 412 cm³/mol. The first-order chi connectivity index (χ1) is 50.6. The number of likely N-dealkylation sites (tertiary alicyclic amines) is 1. The summed E-state index contributed by atoms with van der Waals surface area (Å²) in [6, 6.07) is 6.75. The van der Waals surface area contributed by atoms with Gasteiger partial charge < -0.3 is 73.5 Å². The number of aliphatic imine (C=N–C) groups is 1. The van der Waals surface area contributed by atoms with Gasteiger partial charge >= 0.3 is 24.2 Å². The molecule has 6 aliphatic carbocycles. The van der Waals surface area contributed by atoms with Gasteiger partial charge in [0, 0.05) is 13.1 Å². The second kappa shape index (κ2) is 43.7. The standard InChI is InChI=1S/C21H34N4O2.C15H25N3O3.C12H17N3O2.C11H21NO4.2C10H17N3O/c1-16(2)14-17(18(26)24-21(15-22)8-9-21)23-19(27)25-12-10-20(11-13-25)6-4-3-5-7-20;1-10(2)8-11(17-13(20)21-14(3,4)5)12(19)18-15(9-16)6-7-15;1-9(2)7-10(14-5-6-16)11(17)15-12(8-13)3-4-12;1-7(2)6-8(9(13)14)12-10(15)16-11(3,4)5;2*1-7(2)5-8(12)9(14)13-10(6-11)3-4-10/h16-17H,3-14H2,1-2H3,(H,23,27)(H,24,26);10-11H,6-8H2,1-5H3,(H,17,20)(H,18,19);5-6,9-10H,3-4,7H2,1-2H3,(H,15,17);7-8H,6H2,1-5H3,(H,12,15)(H,13,14);2*7-8H,3-5,12H2,1-2H3,(H,13,14). The van der Waals surface area contributed by atoms with Crippen LogP contribution in [0, 0.1) is 97.6 Å². The van der Waals surface area contributed by atoms with Crippen LogP contribution in [0.2, 0.25) is 0 Å². The smallest absolute Gasteiger partial charge is 0.408 e. The van der Waals surface area contributed by atoms with Crippen molar-refractivity contribution in [3.8, 4) is 30.3 Å². The fourth-order valence-electron chi connectivity index (χ4n) is 11.8. The average molecular weight is 1530 g/mol. The van der Waals surface area contributed by atoms with Gasteiger partial charge in [-0.05, 0) is 211 Å². The van der Waals surface area contributed by atoms with E-state index in [-0.39, 0.29) is 53.3 Å². The Morgan fingerprint density at radius 1 is 0.431 bits per heavy atom. The number of hydrogen-bond acceptors (Lipinski definition) is 20. The topological polar surface area (TPSA) is 492 Å². The molecule has 1 spiro atoms. The number of nitrogens with one attached hydrogen (secondary N) is 8. The van der Waals surface area contributed by atoms with Crippen molar-refractivity contribution in [3.05, 3.63) is 0 Å². The van der Waals surface area contributed by atoms with Crippen molar-refractivity contribution in [1.29, 1.82) is 26.3 Å². The van der Waals surface area contributed by atoms with Gasteiger partial charge in [0.05, 0.1) is 48.6 Å². The number of carbonyl (C=O) groups is 10. The summed E-state index contributed by atoms with van der Waals surface area (Å²) in [5.41, 5.74) is 7.29. The van der Waals surface area contributed by atoms with E-state index in [1.807, 2.05) is 88.0 Å². The molecule has 7 fully saturated rings. The molecule has 0 aromatic carbocycles. The zero-order valence-corrected chi connectivity index (χ0v) is 68.4. The van der Waals surface area contributed by atoms with Crippen LogP contribution in [0.1, 0.15) is 272 Å². The molecule has 0 bridgehead atoms. The number of hydrogen-bond donors (Lipinski definition) is 11. The summed E-state index contributed by atoms with van der Waals surface area (Å²) >= 11 is 0. The Kier molecular flexibility index (Phi) is 38.6. The largest absolute Gasteiger partial charge is 0.480 e. The summed E-state index contributed by atoms with van der Waals surface area (Å²) in [5.74, 6) is -0.460. The summed E-state index contributed by atoms with van der Waals surface area (Å²) in [7, 11) is 0. The summed E-state index contributed by atoms with van der Waals surface area (Å²) < 4.78 is 10.2. The molecule has 6 unspecified atom stereocenters. The molecule has 7 aliphatic rings. The highest BCUT2D eigenvalue weighted by molar-refractivity contribution is 6.13. The molecule has 109 heavy (non-hydrogen) atoms. The highest BCUT2D eigenvalue weighted by atomic mass is 16.6. The van der Waals surface area contributed by atoms with Gasteiger partial charge in [-0.15, -0.1) is 0 Å². The van der Waals surface area contributed by atoms with Crippen molar-refractivity contribution in [1.82, 2.24) is 47.4 Å². The third-order valence-electron chi connectivity index (χ3n) is 18.8. The van der Waals surface area contributed by atoms with E-state index >= 15 is 0 Å². The first kappa shape index (κ1) is 96.4. The van der Waals surface area contributed by atoms with Gasteiger partial charge in [-0.3, -0.25) is 33.8 Å². The third kappa shape index (κ3) is 38.5. The van der Waals surface area contributed by atoms with Crippen LogP contribution in [0.4, 0.5) is 14.4 Å². The molecule has 30 nitrogen and oxygen atoms in total. The minimum Gasteiger partial charge on any atom is -0.480 e. The maximum atomic E-state index is 12.8. The molecule has 0 aromatic heterocycles. The minimum absolute atomic E-state index is 0.136. The maximum absolute atomic E-state index is 12.8. The molecule has 6 atom stereocenters. The van der Waals surface area contributed by atoms with Crippen molar-refractivity contribution in [2.24, 2.45) is 57.4 Å². The van der Waals surface area contributed by atoms with Crippen molar-refractivity contribution in [2.45, 2.75) is 347 Å². The first-order valence-corrected chi connectivity index (χ1v) is 39.0. The molecule has 610 valence electrons. The lowest BCUT2D eigenvalue weighted by Gasteiger charge is -2.44. The molecular formula is C79H131N17O13. The second-order valence-electron chi connectivity index (χ2n) is 35.1. The fraction of sp³-hybridized carbons (Fsp3) is 0.797. The summed E-state index contributed by atoms with van der Waals surface area (Å²) in [6.45, 7) is 35.9. The number of carboxylic acid groups (broad SMARTS) is 1. The molecule has 1 heterocycles. The van der Waals surface area contributed by atoms with Gasteiger partial charge in [0.1, 0.15) is 63.1 Å². The Balaban J connectivity index is 0.000000452. The van der Waals surface area contributed by atoms with Crippen molar-refractivity contribution < 1.29 is 62.5 Å². The number of piperidine rings is 1. The zero-order chi connectivity index (χ0) is 83.1. The lowest BCUT2D eigenvalue weighted by Crippen LogP contribution is -2.55. The first-order valence-electron chi connectivity index (χ1n) is 39.0. The molecule has 13 N–H and O–H groups in total. The van der Waals surface area contributed by atoms with E-state index < -0.39 is 93.3 Å². The number of carboxylic acids is 1. The molecule has 1 saturated heterocycles. The summed E-state index contributed by atoms with van der Waals surface area (Å²) in [4.78, 5) is 123. The number of nitrogens with two attached hydrogens (primary N) is 2. The van der Waals surface area contributed by atoms with E-state index in [0.29, 0.717) is 107 Å². The summed E-state index contributed by atoms with van der Waals surface area (Å²) in [6.07, 6.45) is 19.6. The van der Waals surface area contributed by atoms with E-state index in [2.05, 4.69) is 77.9 Å². The van der Waals surface area contributed by atoms with E-state index in [1.165, 1.54) is 32.1 Å². The minimum atomic E-state index is -1.04. The van der Waals surface area contributed by atoms with Gasteiger partial charge in [-0.1, -0.05) is 102 Å². The van der Waals surface area contributed by atoms with Crippen molar-refractivity contribution in [3.63, 3.8) is 0 Å².